The molecule has 146 valence electrons. The van der Waals surface area contributed by atoms with Gasteiger partial charge >= 0.3 is 0 Å². The number of aryl methyl sites for hydroxylation is 1. The van der Waals surface area contributed by atoms with E-state index in [4.69, 9.17) is 18.9 Å². The minimum absolute atomic E-state index is 0.0141. The van der Waals surface area contributed by atoms with Crippen molar-refractivity contribution in [3.05, 3.63) is 82.9 Å². The molecule has 28 heavy (non-hydrogen) atoms. The maximum Gasteiger partial charge on any atom is 0.161 e. The first-order valence-corrected chi connectivity index (χ1v) is 9.11. The highest BCUT2D eigenvalue weighted by Gasteiger charge is 2.20. The van der Waals surface area contributed by atoms with Crippen LogP contribution >= 0.6 is 0 Å². The van der Waals surface area contributed by atoms with Crippen molar-refractivity contribution in [3.8, 4) is 23.0 Å². The highest BCUT2D eigenvalue weighted by atomic mass is 16.5. The van der Waals surface area contributed by atoms with E-state index in [1.165, 1.54) is 11.1 Å². The Balaban J connectivity index is 2.17. The summed E-state index contributed by atoms with van der Waals surface area (Å²) in [4.78, 5) is 0. The summed E-state index contributed by atoms with van der Waals surface area (Å²) in [6, 6.07) is 20.7. The number of methoxy groups -OCH3 is 4. The third-order valence-corrected chi connectivity index (χ3v) is 4.89. The number of ether oxygens (including phenoxy) is 4. The predicted octanol–water partition coefficient (Wildman–Crippen LogP) is 5.21. The normalized spacial score (nSPS) is 10.6. The van der Waals surface area contributed by atoms with Gasteiger partial charge in [0.05, 0.1) is 28.4 Å². The fraction of sp³-hybridized carbons (Fsp3) is 0.250. The summed E-state index contributed by atoms with van der Waals surface area (Å²) >= 11 is 0. The van der Waals surface area contributed by atoms with Crippen LogP contribution in [0.4, 0.5) is 0 Å². The Bertz CT molecular complexity index is 876. The van der Waals surface area contributed by atoms with E-state index >= 15 is 0 Å². The van der Waals surface area contributed by atoms with E-state index in [9.17, 15) is 0 Å². The van der Waals surface area contributed by atoms with Crippen LogP contribution in [-0.2, 0) is 0 Å². The van der Waals surface area contributed by atoms with E-state index in [0.29, 0.717) is 23.0 Å². The molecule has 0 aliphatic carbocycles. The fourth-order valence-corrected chi connectivity index (χ4v) is 3.40. The molecule has 4 nitrogen and oxygen atoms in total. The standard InChI is InChI=1S/C24H26O4/c1-16-6-8-17(9-7-16)24(18-10-12-20(25-2)22(14-18)27-4)19-11-13-21(26-3)23(15-19)28-5/h6-15,24H,1-5H3. The van der Waals surface area contributed by atoms with Crippen molar-refractivity contribution in [2.24, 2.45) is 0 Å². The number of rotatable bonds is 7. The van der Waals surface area contributed by atoms with Crippen molar-refractivity contribution in [2.75, 3.05) is 28.4 Å². The largest absolute Gasteiger partial charge is 0.493 e. The molecule has 0 aliphatic heterocycles. The number of hydrogen-bond acceptors (Lipinski definition) is 4. The Morgan fingerprint density at radius 1 is 0.500 bits per heavy atom. The zero-order valence-electron chi connectivity index (χ0n) is 17.0. The van der Waals surface area contributed by atoms with Gasteiger partial charge in [0.25, 0.3) is 0 Å². The lowest BCUT2D eigenvalue weighted by Crippen LogP contribution is -2.05. The van der Waals surface area contributed by atoms with Crippen molar-refractivity contribution in [1.82, 2.24) is 0 Å². The lowest BCUT2D eigenvalue weighted by molar-refractivity contribution is 0.354. The van der Waals surface area contributed by atoms with Crippen molar-refractivity contribution in [3.63, 3.8) is 0 Å². The third kappa shape index (κ3) is 3.91. The van der Waals surface area contributed by atoms with Crippen LogP contribution in [0.25, 0.3) is 0 Å². The van der Waals surface area contributed by atoms with Crippen LogP contribution < -0.4 is 18.9 Å². The van der Waals surface area contributed by atoms with Gasteiger partial charge in [0.1, 0.15) is 0 Å². The summed E-state index contributed by atoms with van der Waals surface area (Å²) in [6.07, 6.45) is 0. The SMILES string of the molecule is COc1ccc(C(c2ccc(C)cc2)c2ccc(OC)c(OC)c2)cc1OC. The van der Waals surface area contributed by atoms with E-state index < -0.39 is 0 Å². The van der Waals surface area contributed by atoms with Crippen LogP contribution in [0, 0.1) is 6.92 Å². The van der Waals surface area contributed by atoms with E-state index in [-0.39, 0.29) is 5.92 Å². The van der Waals surface area contributed by atoms with Gasteiger partial charge in [-0.1, -0.05) is 42.0 Å². The summed E-state index contributed by atoms with van der Waals surface area (Å²) in [7, 11) is 6.59. The maximum atomic E-state index is 5.53. The molecular weight excluding hydrogens is 352 g/mol. The second-order valence-corrected chi connectivity index (χ2v) is 6.57. The summed E-state index contributed by atoms with van der Waals surface area (Å²) in [5.41, 5.74) is 4.62. The summed E-state index contributed by atoms with van der Waals surface area (Å²) in [5.74, 6) is 2.85. The van der Waals surface area contributed by atoms with E-state index in [0.717, 1.165) is 11.1 Å². The molecule has 0 bridgehead atoms. The van der Waals surface area contributed by atoms with Gasteiger partial charge in [-0.05, 0) is 47.9 Å². The van der Waals surface area contributed by atoms with Crippen molar-refractivity contribution < 1.29 is 18.9 Å². The van der Waals surface area contributed by atoms with Gasteiger partial charge in [0.2, 0.25) is 0 Å². The molecular formula is C24H26O4. The Labute approximate surface area is 166 Å². The monoisotopic (exact) mass is 378 g/mol. The van der Waals surface area contributed by atoms with Gasteiger partial charge in [0.15, 0.2) is 23.0 Å². The molecule has 0 unspecified atom stereocenters. The molecule has 0 spiro atoms. The zero-order chi connectivity index (χ0) is 20.1. The van der Waals surface area contributed by atoms with Crippen molar-refractivity contribution in [1.29, 1.82) is 0 Å². The molecule has 0 amide bonds. The molecule has 0 aliphatic rings. The van der Waals surface area contributed by atoms with Crippen molar-refractivity contribution >= 4 is 0 Å². The first kappa shape index (κ1) is 19.6. The third-order valence-electron chi connectivity index (χ3n) is 4.89. The molecule has 4 heteroatoms. The molecule has 3 rings (SSSR count). The van der Waals surface area contributed by atoms with Gasteiger partial charge in [-0.3, -0.25) is 0 Å². The van der Waals surface area contributed by atoms with E-state index in [1.54, 1.807) is 28.4 Å². The average molecular weight is 378 g/mol. The topological polar surface area (TPSA) is 36.9 Å². The highest BCUT2D eigenvalue weighted by Crippen LogP contribution is 2.39. The molecule has 0 heterocycles. The molecule has 0 atom stereocenters. The minimum atomic E-state index is 0.0141. The lowest BCUT2D eigenvalue weighted by atomic mass is 9.84. The second kappa shape index (κ2) is 8.70. The number of benzene rings is 3. The van der Waals surface area contributed by atoms with Crippen LogP contribution in [0.2, 0.25) is 0 Å². The minimum Gasteiger partial charge on any atom is -0.493 e. The van der Waals surface area contributed by atoms with Crippen LogP contribution in [-0.4, -0.2) is 28.4 Å². The quantitative estimate of drug-likeness (QED) is 0.529. The molecule has 0 saturated carbocycles. The number of hydrogen-bond donors (Lipinski definition) is 0. The second-order valence-electron chi connectivity index (χ2n) is 6.57. The summed E-state index contributed by atoms with van der Waals surface area (Å²) in [6.45, 7) is 2.09. The summed E-state index contributed by atoms with van der Waals surface area (Å²) in [5, 5.41) is 0. The zero-order valence-corrected chi connectivity index (χ0v) is 17.0. The van der Waals surface area contributed by atoms with Gasteiger partial charge in [-0.2, -0.15) is 0 Å². The van der Waals surface area contributed by atoms with E-state index in [2.05, 4.69) is 43.3 Å². The van der Waals surface area contributed by atoms with Crippen molar-refractivity contribution in [2.45, 2.75) is 12.8 Å². The van der Waals surface area contributed by atoms with Crippen LogP contribution in [0.15, 0.2) is 60.7 Å². The Hall–Kier alpha value is -3.14. The van der Waals surface area contributed by atoms with E-state index in [1.807, 2.05) is 24.3 Å². The Morgan fingerprint density at radius 3 is 1.29 bits per heavy atom. The molecule has 0 aromatic heterocycles. The van der Waals surface area contributed by atoms with Gasteiger partial charge < -0.3 is 18.9 Å². The molecule has 0 saturated heterocycles. The molecule has 0 radical (unpaired) electrons. The van der Waals surface area contributed by atoms with Crippen LogP contribution in [0.5, 0.6) is 23.0 Å². The smallest absolute Gasteiger partial charge is 0.161 e. The summed E-state index contributed by atoms with van der Waals surface area (Å²) < 4.78 is 21.9. The van der Waals surface area contributed by atoms with Gasteiger partial charge in [0, 0.05) is 5.92 Å². The molecule has 0 N–H and O–H groups in total. The predicted molar refractivity (Wildman–Crippen MR) is 111 cm³/mol. The van der Waals surface area contributed by atoms with Gasteiger partial charge in [-0.15, -0.1) is 0 Å². The molecule has 3 aromatic carbocycles. The highest BCUT2D eigenvalue weighted by molar-refractivity contribution is 5.53. The molecule has 0 fully saturated rings. The molecule has 3 aromatic rings. The first-order chi connectivity index (χ1) is 13.6. The Morgan fingerprint density at radius 2 is 0.893 bits per heavy atom. The first-order valence-electron chi connectivity index (χ1n) is 9.11. The average Bonchev–Trinajstić information content (AvgIpc) is 2.74. The lowest BCUT2D eigenvalue weighted by Gasteiger charge is -2.21. The fourth-order valence-electron chi connectivity index (χ4n) is 3.40. The van der Waals surface area contributed by atoms with Crippen LogP contribution in [0.1, 0.15) is 28.2 Å². The van der Waals surface area contributed by atoms with Gasteiger partial charge in [-0.25, -0.2) is 0 Å². The Kier molecular flexibility index (Phi) is 6.09. The van der Waals surface area contributed by atoms with Crippen LogP contribution in [0.3, 0.4) is 0 Å². The maximum absolute atomic E-state index is 5.53.